The molecule has 0 bridgehead atoms. The molecule has 0 aliphatic carbocycles. The molecule has 0 unspecified atom stereocenters. The molecule has 5 heteroatoms. The maximum Gasteiger partial charge on any atom is 0.263 e. The van der Waals surface area contributed by atoms with E-state index >= 15 is 0 Å². The molecule has 1 saturated heterocycles. The summed E-state index contributed by atoms with van der Waals surface area (Å²) >= 11 is 3.49. The van der Waals surface area contributed by atoms with Crippen molar-refractivity contribution >= 4 is 21.8 Å². The SMILES string of the molecule is CNC[C@H]1CCCN(C(=O)[C@H](Oc2ccccc2Br)C(C)C)C1. The van der Waals surface area contributed by atoms with Crippen molar-refractivity contribution in [2.24, 2.45) is 11.8 Å². The predicted molar refractivity (Wildman–Crippen MR) is 96.6 cm³/mol. The summed E-state index contributed by atoms with van der Waals surface area (Å²) < 4.78 is 6.94. The first-order valence-electron chi connectivity index (χ1n) is 8.37. The van der Waals surface area contributed by atoms with Gasteiger partial charge in [-0.3, -0.25) is 4.79 Å². The smallest absolute Gasteiger partial charge is 0.263 e. The van der Waals surface area contributed by atoms with Gasteiger partial charge >= 0.3 is 0 Å². The van der Waals surface area contributed by atoms with Crippen LogP contribution >= 0.6 is 15.9 Å². The topological polar surface area (TPSA) is 41.6 Å². The molecule has 0 spiro atoms. The van der Waals surface area contributed by atoms with Gasteiger partial charge in [0.15, 0.2) is 6.10 Å². The Morgan fingerprint density at radius 2 is 2.17 bits per heavy atom. The second kappa shape index (κ2) is 8.69. The van der Waals surface area contributed by atoms with Crippen molar-refractivity contribution in [2.75, 3.05) is 26.7 Å². The zero-order chi connectivity index (χ0) is 16.8. The van der Waals surface area contributed by atoms with Crippen molar-refractivity contribution in [2.45, 2.75) is 32.8 Å². The van der Waals surface area contributed by atoms with Gasteiger partial charge in [0.25, 0.3) is 5.91 Å². The number of nitrogens with one attached hydrogen (secondary N) is 1. The summed E-state index contributed by atoms with van der Waals surface area (Å²) in [6.07, 6.45) is 1.81. The van der Waals surface area contributed by atoms with E-state index in [0.29, 0.717) is 5.92 Å². The van der Waals surface area contributed by atoms with Gasteiger partial charge in [0.05, 0.1) is 4.47 Å². The predicted octanol–water partition coefficient (Wildman–Crippen LogP) is 3.31. The Bertz CT molecular complexity index is 519. The third kappa shape index (κ3) is 4.95. The van der Waals surface area contributed by atoms with Gasteiger partial charge in [-0.15, -0.1) is 0 Å². The van der Waals surface area contributed by atoms with E-state index in [2.05, 4.69) is 21.2 Å². The lowest BCUT2D eigenvalue weighted by Crippen LogP contribution is -2.49. The molecule has 1 heterocycles. The maximum absolute atomic E-state index is 13.0. The average Bonchev–Trinajstić information content (AvgIpc) is 2.54. The molecule has 2 atom stereocenters. The minimum absolute atomic E-state index is 0.108. The fourth-order valence-corrected chi connectivity index (χ4v) is 3.43. The average molecular weight is 383 g/mol. The Hall–Kier alpha value is -1.07. The number of halogens is 1. The standard InChI is InChI=1S/C18H27BrN2O2/c1-13(2)17(23-16-9-5-4-8-15(16)19)18(22)21-10-6-7-14(12-21)11-20-3/h4-5,8-9,13-14,17,20H,6-7,10-12H2,1-3H3/t14-,17-/m1/s1. The summed E-state index contributed by atoms with van der Waals surface area (Å²) in [5, 5.41) is 3.22. The Kier molecular flexibility index (Phi) is 6.90. The van der Waals surface area contributed by atoms with Gasteiger partial charge in [0, 0.05) is 13.1 Å². The molecule has 1 fully saturated rings. The number of rotatable bonds is 6. The highest BCUT2D eigenvalue weighted by Gasteiger charge is 2.32. The van der Waals surface area contributed by atoms with Crippen LogP contribution in [0.2, 0.25) is 0 Å². The van der Waals surface area contributed by atoms with E-state index in [-0.39, 0.29) is 11.8 Å². The fourth-order valence-electron chi connectivity index (χ4n) is 3.05. The Balaban J connectivity index is 2.08. The van der Waals surface area contributed by atoms with Crippen LogP contribution in [0, 0.1) is 11.8 Å². The number of benzene rings is 1. The molecule has 1 aromatic carbocycles. The first-order chi connectivity index (χ1) is 11.0. The van der Waals surface area contributed by atoms with Gasteiger partial charge in [0.2, 0.25) is 0 Å². The summed E-state index contributed by atoms with van der Waals surface area (Å²) in [5.41, 5.74) is 0. The van der Waals surface area contributed by atoms with E-state index in [1.807, 2.05) is 50.1 Å². The highest BCUT2D eigenvalue weighted by molar-refractivity contribution is 9.10. The molecule has 1 aliphatic rings. The molecular weight excluding hydrogens is 356 g/mol. The van der Waals surface area contributed by atoms with Crippen LogP contribution in [-0.2, 0) is 4.79 Å². The van der Waals surface area contributed by atoms with Crippen LogP contribution in [0.15, 0.2) is 28.7 Å². The fraction of sp³-hybridized carbons (Fsp3) is 0.611. The first kappa shape index (κ1) is 18.3. The quantitative estimate of drug-likeness (QED) is 0.820. The molecule has 0 aromatic heterocycles. The summed E-state index contributed by atoms with van der Waals surface area (Å²) in [4.78, 5) is 14.9. The molecule has 0 saturated carbocycles. The largest absolute Gasteiger partial charge is 0.479 e. The molecule has 1 aliphatic heterocycles. The monoisotopic (exact) mass is 382 g/mol. The number of para-hydroxylation sites is 1. The van der Waals surface area contributed by atoms with Gasteiger partial charge in [-0.25, -0.2) is 0 Å². The van der Waals surface area contributed by atoms with Gasteiger partial charge < -0.3 is 15.0 Å². The van der Waals surface area contributed by atoms with Crippen molar-refractivity contribution in [3.05, 3.63) is 28.7 Å². The number of hydrogen-bond acceptors (Lipinski definition) is 3. The third-order valence-corrected chi connectivity index (χ3v) is 4.92. The molecule has 23 heavy (non-hydrogen) atoms. The molecule has 2 rings (SSSR count). The van der Waals surface area contributed by atoms with Gasteiger partial charge in [-0.2, -0.15) is 0 Å². The van der Waals surface area contributed by atoms with Crippen LogP contribution in [-0.4, -0.2) is 43.6 Å². The van der Waals surface area contributed by atoms with Crippen molar-refractivity contribution in [3.8, 4) is 5.75 Å². The normalized spacial score (nSPS) is 19.7. The molecule has 0 radical (unpaired) electrons. The van der Waals surface area contributed by atoms with Crippen LogP contribution in [0.3, 0.4) is 0 Å². The highest BCUT2D eigenvalue weighted by atomic mass is 79.9. The van der Waals surface area contributed by atoms with Crippen LogP contribution < -0.4 is 10.1 Å². The Morgan fingerprint density at radius 1 is 1.43 bits per heavy atom. The van der Waals surface area contributed by atoms with Crippen LogP contribution in [0.5, 0.6) is 5.75 Å². The number of amides is 1. The van der Waals surface area contributed by atoms with Crippen molar-refractivity contribution in [1.29, 1.82) is 0 Å². The highest BCUT2D eigenvalue weighted by Crippen LogP contribution is 2.27. The number of likely N-dealkylation sites (tertiary alicyclic amines) is 1. The number of piperidine rings is 1. The minimum Gasteiger partial charge on any atom is -0.479 e. The molecule has 128 valence electrons. The summed E-state index contributed by atoms with van der Waals surface area (Å²) in [6.45, 7) is 6.69. The minimum atomic E-state index is -0.443. The molecule has 1 aromatic rings. The summed E-state index contributed by atoms with van der Waals surface area (Å²) in [7, 11) is 1.97. The van der Waals surface area contributed by atoms with Crippen molar-refractivity contribution in [1.82, 2.24) is 10.2 Å². The lowest BCUT2D eigenvalue weighted by atomic mass is 9.96. The molecule has 1 amide bonds. The van der Waals surface area contributed by atoms with Crippen molar-refractivity contribution in [3.63, 3.8) is 0 Å². The van der Waals surface area contributed by atoms with E-state index in [4.69, 9.17) is 4.74 Å². The Morgan fingerprint density at radius 3 is 2.83 bits per heavy atom. The maximum atomic E-state index is 13.0. The first-order valence-corrected chi connectivity index (χ1v) is 9.16. The second-order valence-corrected chi connectivity index (χ2v) is 7.42. The van der Waals surface area contributed by atoms with E-state index in [0.717, 1.165) is 36.3 Å². The van der Waals surface area contributed by atoms with Gasteiger partial charge in [0.1, 0.15) is 5.75 Å². The van der Waals surface area contributed by atoms with Crippen molar-refractivity contribution < 1.29 is 9.53 Å². The third-order valence-electron chi connectivity index (χ3n) is 4.26. The number of nitrogens with zero attached hydrogens (tertiary/aromatic N) is 1. The van der Waals surface area contributed by atoms with Crippen LogP contribution in [0.4, 0.5) is 0 Å². The second-order valence-electron chi connectivity index (χ2n) is 6.56. The van der Waals surface area contributed by atoms with Crippen LogP contribution in [0.25, 0.3) is 0 Å². The Labute approximate surface area is 147 Å². The van der Waals surface area contributed by atoms with Gasteiger partial charge in [-0.1, -0.05) is 26.0 Å². The lowest BCUT2D eigenvalue weighted by Gasteiger charge is -2.36. The number of ether oxygens (including phenoxy) is 1. The molecule has 4 nitrogen and oxygen atoms in total. The van der Waals surface area contributed by atoms with Gasteiger partial charge in [-0.05, 0) is 66.3 Å². The van der Waals surface area contributed by atoms with E-state index in [1.54, 1.807) is 0 Å². The summed E-state index contributed by atoms with van der Waals surface area (Å²) in [5.74, 6) is 1.49. The number of carbonyl (C=O) groups excluding carboxylic acids is 1. The van der Waals surface area contributed by atoms with E-state index in [9.17, 15) is 4.79 Å². The zero-order valence-electron chi connectivity index (χ0n) is 14.2. The number of carbonyl (C=O) groups is 1. The molecule has 1 N–H and O–H groups in total. The molecular formula is C18H27BrN2O2. The zero-order valence-corrected chi connectivity index (χ0v) is 15.8. The van der Waals surface area contributed by atoms with E-state index < -0.39 is 6.10 Å². The van der Waals surface area contributed by atoms with Crippen LogP contribution in [0.1, 0.15) is 26.7 Å². The lowest BCUT2D eigenvalue weighted by molar-refractivity contribution is -0.142. The number of hydrogen-bond donors (Lipinski definition) is 1. The summed E-state index contributed by atoms with van der Waals surface area (Å²) in [6, 6.07) is 7.69. The van der Waals surface area contributed by atoms with E-state index in [1.165, 1.54) is 6.42 Å².